The molecule has 7 heteroatoms. The van der Waals surface area contributed by atoms with Crippen molar-refractivity contribution in [2.24, 2.45) is 5.92 Å². The van der Waals surface area contributed by atoms with E-state index in [1.807, 2.05) is 6.92 Å². The fourth-order valence-electron chi connectivity index (χ4n) is 2.47. The second-order valence-corrected chi connectivity index (χ2v) is 5.22. The molecule has 3 N–H and O–H groups in total. The van der Waals surface area contributed by atoms with E-state index in [0.29, 0.717) is 36.7 Å². The number of hydrogen-bond acceptors (Lipinski definition) is 5. The van der Waals surface area contributed by atoms with Crippen molar-refractivity contribution in [1.29, 1.82) is 0 Å². The molecular formula is C15H23ClN2O4. The maximum absolute atomic E-state index is 12.3. The van der Waals surface area contributed by atoms with Crippen LogP contribution in [0.4, 0.5) is 0 Å². The largest absolute Gasteiger partial charge is 0.493 e. The van der Waals surface area contributed by atoms with E-state index < -0.39 is 6.10 Å². The van der Waals surface area contributed by atoms with Crippen LogP contribution >= 0.6 is 12.4 Å². The average molecular weight is 331 g/mol. The summed E-state index contributed by atoms with van der Waals surface area (Å²) in [5.41, 5.74) is 1.36. The molecule has 1 aromatic rings. The van der Waals surface area contributed by atoms with Crippen LogP contribution in [0.2, 0.25) is 0 Å². The Kier molecular flexibility index (Phi) is 6.93. The fraction of sp³-hybridized carbons (Fsp3) is 0.533. The van der Waals surface area contributed by atoms with E-state index in [1.165, 1.54) is 7.11 Å². The molecule has 1 amide bonds. The zero-order chi connectivity index (χ0) is 15.4. The van der Waals surface area contributed by atoms with E-state index in [2.05, 4.69) is 10.6 Å². The summed E-state index contributed by atoms with van der Waals surface area (Å²) in [4.78, 5) is 12.3. The highest BCUT2D eigenvalue weighted by Gasteiger charge is 2.25. The van der Waals surface area contributed by atoms with Gasteiger partial charge in [-0.25, -0.2) is 0 Å². The summed E-state index contributed by atoms with van der Waals surface area (Å²) in [5, 5.41) is 15.7. The Labute approximate surface area is 136 Å². The van der Waals surface area contributed by atoms with Crippen molar-refractivity contribution in [3.05, 3.63) is 23.3 Å². The van der Waals surface area contributed by atoms with Gasteiger partial charge in [-0.05, 0) is 24.6 Å². The lowest BCUT2D eigenvalue weighted by Crippen LogP contribution is -2.34. The first-order valence-corrected chi connectivity index (χ1v) is 6.96. The number of rotatable bonds is 5. The Morgan fingerprint density at radius 2 is 1.95 bits per heavy atom. The Balaban J connectivity index is 0.00000242. The molecule has 124 valence electrons. The van der Waals surface area contributed by atoms with Gasteiger partial charge in [0.2, 0.25) is 0 Å². The summed E-state index contributed by atoms with van der Waals surface area (Å²) in [5.74, 6) is 1.000. The molecule has 1 aromatic carbocycles. The van der Waals surface area contributed by atoms with Crippen LogP contribution in [0.15, 0.2) is 12.1 Å². The molecule has 0 saturated carbocycles. The molecule has 1 aliphatic heterocycles. The van der Waals surface area contributed by atoms with Gasteiger partial charge in [-0.2, -0.15) is 0 Å². The molecule has 1 heterocycles. The number of benzene rings is 1. The van der Waals surface area contributed by atoms with Crippen molar-refractivity contribution in [1.82, 2.24) is 10.6 Å². The van der Waals surface area contributed by atoms with Crippen molar-refractivity contribution in [2.75, 3.05) is 33.9 Å². The van der Waals surface area contributed by atoms with E-state index in [9.17, 15) is 9.90 Å². The highest BCUT2D eigenvalue weighted by Crippen LogP contribution is 2.30. The molecule has 0 aromatic heterocycles. The van der Waals surface area contributed by atoms with Crippen LogP contribution in [-0.4, -0.2) is 51.0 Å². The molecule has 0 aliphatic carbocycles. The highest BCUT2D eigenvalue weighted by molar-refractivity contribution is 5.96. The van der Waals surface area contributed by atoms with Gasteiger partial charge in [0.1, 0.15) is 0 Å². The molecule has 2 atom stereocenters. The first-order chi connectivity index (χ1) is 10.1. The van der Waals surface area contributed by atoms with Crippen LogP contribution in [-0.2, 0) is 0 Å². The van der Waals surface area contributed by atoms with Crippen molar-refractivity contribution in [3.63, 3.8) is 0 Å². The van der Waals surface area contributed by atoms with E-state index in [4.69, 9.17) is 9.47 Å². The topological polar surface area (TPSA) is 79.8 Å². The van der Waals surface area contributed by atoms with Crippen molar-refractivity contribution >= 4 is 18.3 Å². The minimum Gasteiger partial charge on any atom is -0.493 e. The number of β-amino-alcohol motifs (C(OH)–C–C–N with tert-alkyl or cyclic N) is 1. The number of aliphatic hydroxyl groups excluding tert-OH is 1. The number of amides is 1. The smallest absolute Gasteiger partial charge is 0.251 e. The lowest BCUT2D eigenvalue weighted by molar-refractivity contribution is 0.0926. The lowest BCUT2D eigenvalue weighted by atomic mass is 10.0. The summed E-state index contributed by atoms with van der Waals surface area (Å²) in [6.45, 7) is 3.59. The quantitative estimate of drug-likeness (QED) is 0.742. The van der Waals surface area contributed by atoms with E-state index >= 15 is 0 Å². The number of aliphatic hydroxyl groups is 1. The van der Waals surface area contributed by atoms with Gasteiger partial charge in [0.25, 0.3) is 5.91 Å². The number of carbonyl (C=O) groups excluding carboxylic acids is 1. The summed E-state index contributed by atoms with van der Waals surface area (Å²) in [6.07, 6.45) is -0.406. The number of hydrogen-bond donors (Lipinski definition) is 3. The van der Waals surface area contributed by atoms with E-state index in [-0.39, 0.29) is 24.2 Å². The predicted molar refractivity (Wildman–Crippen MR) is 86.2 cm³/mol. The summed E-state index contributed by atoms with van der Waals surface area (Å²) < 4.78 is 10.4. The third kappa shape index (κ3) is 4.03. The number of ether oxygens (including phenoxy) is 2. The second kappa shape index (κ2) is 8.22. The zero-order valence-corrected chi connectivity index (χ0v) is 13.8. The molecule has 1 saturated heterocycles. The number of halogens is 1. The van der Waals surface area contributed by atoms with Gasteiger partial charge in [0.05, 0.1) is 20.3 Å². The number of methoxy groups -OCH3 is 2. The van der Waals surface area contributed by atoms with Crippen LogP contribution in [0.25, 0.3) is 0 Å². The molecule has 2 rings (SSSR count). The Morgan fingerprint density at radius 1 is 1.32 bits per heavy atom. The number of aryl methyl sites for hydroxylation is 1. The predicted octanol–water partition coefficient (Wildman–Crippen LogP) is 0.744. The molecule has 6 nitrogen and oxygen atoms in total. The van der Waals surface area contributed by atoms with Crippen molar-refractivity contribution in [2.45, 2.75) is 13.0 Å². The second-order valence-electron chi connectivity index (χ2n) is 5.22. The zero-order valence-electron chi connectivity index (χ0n) is 13.0. The summed E-state index contributed by atoms with van der Waals surface area (Å²) in [7, 11) is 3.10. The number of carbonyl (C=O) groups is 1. The van der Waals surface area contributed by atoms with Gasteiger partial charge >= 0.3 is 0 Å². The first-order valence-electron chi connectivity index (χ1n) is 6.96. The van der Waals surface area contributed by atoms with Crippen LogP contribution in [0.5, 0.6) is 11.5 Å². The van der Waals surface area contributed by atoms with E-state index in [1.54, 1.807) is 19.2 Å². The number of nitrogens with one attached hydrogen (secondary N) is 2. The standard InChI is InChI=1S/C15H22N2O4.ClH/c1-9-4-13(20-2)14(21-3)5-11(9)15(19)17-7-10-6-16-8-12(10)18;/h4-5,10,12,16,18H,6-8H2,1-3H3,(H,17,19);1H. The van der Waals surface area contributed by atoms with Gasteiger partial charge in [-0.1, -0.05) is 0 Å². The Morgan fingerprint density at radius 3 is 2.50 bits per heavy atom. The molecule has 0 spiro atoms. The highest BCUT2D eigenvalue weighted by atomic mass is 35.5. The Hall–Kier alpha value is -1.50. The summed E-state index contributed by atoms with van der Waals surface area (Å²) in [6, 6.07) is 3.45. The maximum atomic E-state index is 12.3. The molecular weight excluding hydrogens is 308 g/mol. The van der Waals surface area contributed by atoms with Gasteiger partial charge in [0, 0.05) is 31.1 Å². The average Bonchev–Trinajstić information content (AvgIpc) is 2.89. The molecule has 2 unspecified atom stereocenters. The maximum Gasteiger partial charge on any atom is 0.251 e. The summed E-state index contributed by atoms with van der Waals surface area (Å²) >= 11 is 0. The fourth-order valence-corrected chi connectivity index (χ4v) is 2.47. The van der Waals surface area contributed by atoms with Crippen molar-refractivity contribution < 1.29 is 19.4 Å². The van der Waals surface area contributed by atoms with Gasteiger partial charge in [-0.3, -0.25) is 4.79 Å². The molecule has 22 heavy (non-hydrogen) atoms. The monoisotopic (exact) mass is 330 g/mol. The first kappa shape index (κ1) is 18.5. The van der Waals surface area contributed by atoms with Gasteiger partial charge in [0.15, 0.2) is 11.5 Å². The van der Waals surface area contributed by atoms with Crippen LogP contribution < -0.4 is 20.1 Å². The van der Waals surface area contributed by atoms with E-state index in [0.717, 1.165) is 5.56 Å². The molecule has 1 aliphatic rings. The molecule has 0 bridgehead atoms. The third-order valence-corrected chi connectivity index (χ3v) is 3.80. The Bertz CT molecular complexity index is 525. The minimum atomic E-state index is -0.406. The van der Waals surface area contributed by atoms with Crippen LogP contribution in [0.1, 0.15) is 15.9 Å². The normalized spacial score (nSPS) is 20.2. The SMILES string of the molecule is COc1cc(C)c(C(=O)NCC2CNCC2O)cc1OC.Cl. The van der Waals surface area contributed by atoms with Gasteiger partial charge < -0.3 is 25.2 Å². The lowest BCUT2D eigenvalue weighted by Gasteiger charge is -2.16. The third-order valence-electron chi connectivity index (χ3n) is 3.80. The van der Waals surface area contributed by atoms with Crippen LogP contribution in [0, 0.1) is 12.8 Å². The van der Waals surface area contributed by atoms with Gasteiger partial charge in [-0.15, -0.1) is 12.4 Å². The van der Waals surface area contributed by atoms with Crippen molar-refractivity contribution in [3.8, 4) is 11.5 Å². The molecule has 1 fully saturated rings. The molecule has 0 radical (unpaired) electrons. The minimum absolute atomic E-state index is 0. The van der Waals surface area contributed by atoms with Crippen LogP contribution in [0.3, 0.4) is 0 Å².